The lowest BCUT2D eigenvalue weighted by Crippen LogP contribution is -2.18. The number of aromatic nitrogens is 3. The van der Waals surface area contributed by atoms with Crippen molar-refractivity contribution in [1.29, 1.82) is 0 Å². The van der Waals surface area contributed by atoms with Crippen molar-refractivity contribution in [2.75, 3.05) is 6.61 Å². The number of aromatic amines is 1. The molecule has 112 valence electrons. The number of carbonyl (C=O) groups excluding carboxylic acids is 1. The van der Waals surface area contributed by atoms with E-state index in [1.54, 1.807) is 6.92 Å². The van der Waals surface area contributed by atoms with Gasteiger partial charge in [0.1, 0.15) is 11.7 Å². The Morgan fingerprint density at radius 3 is 2.71 bits per heavy atom. The number of carbonyl (C=O) groups is 1. The summed E-state index contributed by atoms with van der Waals surface area (Å²) in [5.74, 6) is 0.560. The van der Waals surface area contributed by atoms with Crippen molar-refractivity contribution >= 4 is 5.97 Å². The van der Waals surface area contributed by atoms with Gasteiger partial charge in [0, 0.05) is 5.92 Å². The summed E-state index contributed by atoms with van der Waals surface area (Å²) in [6.45, 7) is 8.15. The average molecular weight is 287 g/mol. The van der Waals surface area contributed by atoms with Crippen molar-refractivity contribution in [2.24, 2.45) is 0 Å². The summed E-state index contributed by atoms with van der Waals surface area (Å²) >= 11 is 0. The lowest BCUT2D eigenvalue weighted by molar-refractivity contribution is -0.144. The number of H-pyrrole nitrogens is 1. The molecule has 0 saturated carbocycles. The van der Waals surface area contributed by atoms with Gasteiger partial charge in [0.05, 0.1) is 6.61 Å². The van der Waals surface area contributed by atoms with Crippen LogP contribution in [0.3, 0.4) is 0 Å². The zero-order valence-electron chi connectivity index (χ0n) is 12.9. The quantitative estimate of drug-likeness (QED) is 0.858. The molecule has 0 aliphatic heterocycles. The summed E-state index contributed by atoms with van der Waals surface area (Å²) in [4.78, 5) is 16.8. The first-order valence-electron chi connectivity index (χ1n) is 7.18. The minimum atomic E-state index is -0.565. The molecule has 2 aromatic rings. The van der Waals surface area contributed by atoms with Gasteiger partial charge in [0.2, 0.25) is 0 Å². The first-order chi connectivity index (χ1) is 10.0. The van der Waals surface area contributed by atoms with Crippen LogP contribution in [0.25, 0.3) is 0 Å². The molecule has 1 aromatic heterocycles. The van der Waals surface area contributed by atoms with Crippen LogP contribution in [0, 0.1) is 6.92 Å². The predicted octanol–water partition coefficient (Wildman–Crippen LogP) is 2.93. The van der Waals surface area contributed by atoms with Crippen molar-refractivity contribution in [3.8, 4) is 0 Å². The highest BCUT2D eigenvalue weighted by molar-refractivity contribution is 5.81. The highest BCUT2D eigenvalue weighted by Crippen LogP contribution is 2.25. The van der Waals surface area contributed by atoms with Crippen LogP contribution in [-0.2, 0) is 9.53 Å². The van der Waals surface area contributed by atoms with Crippen LogP contribution in [0.15, 0.2) is 24.3 Å². The Labute approximate surface area is 124 Å². The van der Waals surface area contributed by atoms with E-state index in [9.17, 15) is 4.79 Å². The highest BCUT2D eigenvalue weighted by atomic mass is 16.5. The Morgan fingerprint density at radius 1 is 1.38 bits per heavy atom. The van der Waals surface area contributed by atoms with E-state index in [0.717, 1.165) is 11.1 Å². The SMILES string of the molecule is CCOC(=O)C(c1cccc(C)c1)c1nc(C(C)C)n[nH]1. The molecule has 0 aliphatic rings. The summed E-state index contributed by atoms with van der Waals surface area (Å²) in [6, 6.07) is 7.80. The normalized spacial score (nSPS) is 12.4. The van der Waals surface area contributed by atoms with E-state index in [4.69, 9.17) is 4.74 Å². The third-order valence-corrected chi connectivity index (χ3v) is 3.21. The van der Waals surface area contributed by atoms with Gasteiger partial charge in [-0.1, -0.05) is 43.7 Å². The minimum absolute atomic E-state index is 0.204. The van der Waals surface area contributed by atoms with Gasteiger partial charge in [0.15, 0.2) is 5.82 Å². The fraction of sp³-hybridized carbons (Fsp3) is 0.438. The summed E-state index contributed by atoms with van der Waals surface area (Å²) in [5.41, 5.74) is 1.95. The van der Waals surface area contributed by atoms with Gasteiger partial charge in [-0.25, -0.2) is 4.98 Å². The smallest absolute Gasteiger partial charge is 0.321 e. The van der Waals surface area contributed by atoms with Crippen LogP contribution in [0.5, 0.6) is 0 Å². The lowest BCUT2D eigenvalue weighted by Gasteiger charge is -2.14. The summed E-state index contributed by atoms with van der Waals surface area (Å²) < 4.78 is 5.20. The predicted molar refractivity (Wildman–Crippen MR) is 80.1 cm³/mol. The summed E-state index contributed by atoms with van der Waals surface area (Å²) in [6.07, 6.45) is 0. The zero-order valence-corrected chi connectivity index (χ0v) is 12.9. The van der Waals surface area contributed by atoms with Crippen molar-refractivity contribution in [3.05, 3.63) is 47.0 Å². The molecule has 0 fully saturated rings. The van der Waals surface area contributed by atoms with Crippen LogP contribution in [0.1, 0.15) is 55.4 Å². The van der Waals surface area contributed by atoms with Gasteiger partial charge in [-0.3, -0.25) is 9.89 Å². The van der Waals surface area contributed by atoms with E-state index in [0.29, 0.717) is 18.3 Å². The Bertz CT molecular complexity index is 619. The molecule has 21 heavy (non-hydrogen) atoms. The van der Waals surface area contributed by atoms with Gasteiger partial charge in [-0.2, -0.15) is 5.10 Å². The maximum absolute atomic E-state index is 12.3. The first-order valence-corrected chi connectivity index (χ1v) is 7.18. The Hall–Kier alpha value is -2.17. The summed E-state index contributed by atoms with van der Waals surface area (Å²) in [5, 5.41) is 7.07. The molecule has 0 bridgehead atoms. The molecule has 5 heteroatoms. The molecule has 1 atom stereocenters. The summed E-state index contributed by atoms with van der Waals surface area (Å²) in [7, 11) is 0. The van der Waals surface area contributed by atoms with E-state index >= 15 is 0 Å². The van der Waals surface area contributed by atoms with E-state index in [1.165, 1.54) is 0 Å². The van der Waals surface area contributed by atoms with Crippen molar-refractivity contribution in [3.63, 3.8) is 0 Å². The van der Waals surface area contributed by atoms with Crippen molar-refractivity contribution in [1.82, 2.24) is 15.2 Å². The minimum Gasteiger partial charge on any atom is -0.465 e. The molecular weight excluding hydrogens is 266 g/mol. The molecule has 0 amide bonds. The number of nitrogens with one attached hydrogen (secondary N) is 1. The third-order valence-electron chi connectivity index (χ3n) is 3.21. The Balaban J connectivity index is 2.42. The van der Waals surface area contributed by atoms with Gasteiger partial charge in [-0.05, 0) is 19.4 Å². The van der Waals surface area contributed by atoms with Crippen LogP contribution in [-0.4, -0.2) is 27.8 Å². The number of rotatable bonds is 5. The molecule has 0 spiro atoms. The van der Waals surface area contributed by atoms with Crippen LogP contribution < -0.4 is 0 Å². The molecule has 0 saturated heterocycles. The monoisotopic (exact) mass is 287 g/mol. The fourth-order valence-corrected chi connectivity index (χ4v) is 2.16. The zero-order chi connectivity index (χ0) is 15.4. The molecular formula is C16H21N3O2. The van der Waals surface area contributed by atoms with E-state index in [2.05, 4.69) is 15.2 Å². The number of nitrogens with zero attached hydrogens (tertiary/aromatic N) is 2. The first kappa shape index (κ1) is 15.2. The largest absolute Gasteiger partial charge is 0.465 e. The number of hydrogen-bond donors (Lipinski definition) is 1. The van der Waals surface area contributed by atoms with Gasteiger partial charge >= 0.3 is 5.97 Å². The third kappa shape index (κ3) is 3.48. The van der Waals surface area contributed by atoms with Crippen molar-refractivity contribution in [2.45, 2.75) is 39.5 Å². The molecule has 2 rings (SSSR count). The molecule has 0 aliphatic carbocycles. The number of hydrogen-bond acceptors (Lipinski definition) is 4. The Kier molecular flexibility index (Phi) is 4.73. The second-order valence-electron chi connectivity index (χ2n) is 5.33. The molecule has 1 aromatic carbocycles. The van der Waals surface area contributed by atoms with Crippen molar-refractivity contribution < 1.29 is 9.53 Å². The molecule has 5 nitrogen and oxygen atoms in total. The number of benzene rings is 1. The van der Waals surface area contributed by atoms with Gasteiger partial charge < -0.3 is 4.74 Å². The number of ether oxygens (including phenoxy) is 1. The van der Waals surface area contributed by atoms with E-state index < -0.39 is 5.92 Å². The molecule has 1 N–H and O–H groups in total. The topological polar surface area (TPSA) is 67.9 Å². The van der Waals surface area contributed by atoms with Gasteiger partial charge in [-0.15, -0.1) is 0 Å². The highest BCUT2D eigenvalue weighted by Gasteiger charge is 2.28. The fourth-order valence-electron chi connectivity index (χ4n) is 2.16. The second kappa shape index (κ2) is 6.52. The van der Waals surface area contributed by atoms with Crippen LogP contribution >= 0.6 is 0 Å². The van der Waals surface area contributed by atoms with Crippen LogP contribution in [0.2, 0.25) is 0 Å². The van der Waals surface area contributed by atoms with Gasteiger partial charge in [0.25, 0.3) is 0 Å². The van der Waals surface area contributed by atoms with Crippen LogP contribution in [0.4, 0.5) is 0 Å². The molecule has 0 radical (unpaired) electrons. The number of esters is 1. The molecule has 1 unspecified atom stereocenters. The second-order valence-corrected chi connectivity index (χ2v) is 5.33. The average Bonchev–Trinajstić information content (AvgIpc) is 2.89. The number of aryl methyl sites for hydroxylation is 1. The standard InChI is InChI=1S/C16H21N3O2/c1-5-21-16(20)13(12-8-6-7-11(4)9-12)15-17-14(10(2)3)18-19-15/h6-10,13H,5H2,1-4H3,(H,17,18,19). The van der Waals surface area contributed by atoms with E-state index in [1.807, 2.05) is 45.0 Å². The maximum Gasteiger partial charge on any atom is 0.321 e. The Morgan fingerprint density at radius 2 is 2.14 bits per heavy atom. The maximum atomic E-state index is 12.3. The van der Waals surface area contributed by atoms with E-state index in [-0.39, 0.29) is 11.9 Å². The molecule has 1 heterocycles. The lowest BCUT2D eigenvalue weighted by atomic mass is 9.97.